The predicted molar refractivity (Wildman–Crippen MR) is 102 cm³/mol. The summed E-state index contributed by atoms with van der Waals surface area (Å²) in [7, 11) is 0. The van der Waals surface area contributed by atoms with E-state index < -0.39 is 0 Å². The average Bonchev–Trinajstić information content (AvgIpc) is 2.94. The second-order valence-electron chi connectivity index (χ2n) is 6.39. The van der Waals surface area contributed by atoms with Crippen molar-refractivity contribution in [1.82, 2.24) is 4.90 Å². The van der Waals surface area contributed by atoms with Gasteiger partial charge in [-0.2, -0.15) is 4.99 Å². The van der Waals surface area contributed by atoms with Crippen LogP contribution in [0.25, 0.3) is 6.08 Å². The maximum Gasteiger partial charge on any atom is 0.286 e. The van der Waals surface area contributed by atoms with E-state index in [0.29, 0.717) is 11.5 Å². The third-order valence-corrected chi connectivity index (χ3v) is 4.99. The highest BCUT2D eigenvalue weighted by Crippen LogP contribution is 2.31. The molecule has 0 N–H and O–H groups in total. The quantitative estimate of drug-likeness (QED) is 0.769. The Balaban J connectivity index is 1.66. The Kier molecular flexibility index (Phi) is 5.81. The van der Waals surface area contributed by atoms with Crippen molar-refractivity contribution in [2.75, 3.05) is 19.7 Å². The summed E-state index contributed by atoms with van der Waals surface area (Å²) < 4.78 is 11.3. The number of amides is 1. The Morgan fingerprint density at radius 2 is 1.96 bits per heavy atom. The van der Waals surface area contributed by atoms with Crippen LogP contribution in [0.2, 0.25) is 0 Å². The molecule has 134 valence electrons. The van der Waals surface area contributed by atoms with Crippen LogP contribution in [0, 0.1) is 0 Å². The zero-order chi connectivity index (χ0) is 17.8. The number of hydrogen-bond donors (Lipinski definition) is 0. The van der Waals surface area contributed by atoms with Crippen molar-refractivity contribution in [3.05, 3.63) is 34.7 Å². The van der Waals surface area contributed by atoms with E-state index in [4.69, 9.17) is 9.47 Å². The summed E-state index contributed by atoms with van der Waals surface area (Å²) in [4.78, 5) is 19.3. The number of hydrogen-bond acceptors (Lipinski definition) is 5. The van der Waals surface area contributed by atoms with E-state index in [0.717, 1.165) is 36.0 Å². The monoisotopic (exact) mass is 360 g/mol. The Hall–Kier alpha value is -1.79. The molecular formula is C19H24N2O3S. The molecule has 1 saturated heterocycles. The molecule has 1 fully saturated rings. The Morgan fingerprint density at radius 3 is 2.60 bits per heavy atom. The van der Waals surface area contributed by atoms with E-state index in [1.165, 1.54) is 11.8 Å². The van der Waals surface area contributed by atoms with Gasteiger partial charge in [0.15, 0.2) is 5.17 Å². The molecule has 1 amide bonds. The zero-order valence-electron chi connectivity index (χ0n) is 14.9. The van der Waals surface area contributed by atoms with Crippen molar-refractivity contribution >= 4 is 28.9 Å². The van der Waals surface area contributed by atoms with Gasteiger partial charge in [-0.25, -0.2) is 0 Å². The van der Waals surface area contributed by atoms with Crippen LogP contribution in [-0.4, -0.2) is 47.9 Å². The normalized spacial score (nSPS) is 25.4. The van der Waals surface area contributed by atoms with Crippen LogP contribution in [-0.2, 0) is 9.53 Å². The van der Waals surface area contributed by atoms with E-state index in [2.05, 4.69) is 16.8 Å². The lowest BCUT2D eigenvalue weighted by Crippen LogP contribution is -2.47. The van der Waals surface area contributed by atoms with Gasteiger partial charge in [0.05, 0.1) is 23.7 Å². The number of amidine groups is 1. The number of thioether (sulfide) groups is 1. The summed E-state index contributed by atoms with van der Waals surface area (Å²) in [6, 6.07) is 7.78. The van der Waals surface area contributed by atoms with Gasteiger partial charge in [0.1, 0.15) is 5.75 Å². The highest BCUT2D eigenvalue weighted by atomic mass is 32.2. The fourth-order valence-corrected chi connectivity index (χ4v) is 3.83. The highest BCUT2D eigenvalue weighted by molar-refractivity contribution is 8.18. The van der Waals surface area contributed by atoms with E-state index in [1.807, 2.05) is 44.2 Å². The fraction of sp³-hybridized carbons (Fsp3) is 0.474. The van der Waals surface area contributed by atoms with Gasteiger partial charge in [0, 0.05) is 13.1 Å². The van der Waals surface area contributed by atoms with Gasteiger partial charge < -0.3 is 14.4 Å². The minimum atomic E-state index is -0.168. The number of morpholine rings is 1. The van der Waals surface area contributed by atoms with Crippen molar-refractivity contribution in [3.8, 4) is 5.75 Å². The average molecular weight is 360 g/mol. The number of carbonyl (C=O) groups excluding carboxylic acids is 1. The topological polar surface area (TPSA) is 51.1 Å². The van der Waals surface area contributed by atoms with Crippen molar-refractivity contribution in [2.45, 2.75) is 39.4 Å². The van der Waals surface area contributed by atoms with Crippen LogP contribution in [0.4, 0.5) is 0 Å². The zero-order valence-corrected chi connectivity index (χ0v) is 15.7. The molecule has 0 radical (unpaired) electrons. The van der Waals surface area contributed by atoms with Crippen LogP contribution < -0.4 is 4.74 Å². The molecule has 1 aromatic rings. The molecule has 0 aliphatic carbocycles. The van der Waals surface area contributed by atoms with Gasteiger partial charge in [-0.15, -0.1) is 0 Å². The van der Waals surface area contributed by atoms with Crippen LogP contribution >= 0.6 is 11.8 Å². The van der Waals surface area contributed by atoms with E-state index >= 15 is 0 Å². The van der Waals surface area contributed by atoms with Gasteiger partial charge in [-0.3, -0.25) is 4.79 Å². The number of nitrogens with zero attached hydrogens (tertiary/aromatic N) is 2. The molecule has 2 aliphatic heterocycles. The minimum absolute atomic E-state index is 0.144. The number of carbonyl (C=O) groups is 1. The van der Waals surface area contributed by atoms with Crippen molar-refractivity contribution in [1.29, 1.82) is 0 Å². The molecule has 25 heavy (non-hydrogen) atoms. The molecule has 0 aromatic heterocycles. The summed E-state index contributed by atoms with van der Waals surface area (Å²) >= 11 is 1.44. The molecular weight excluding hydrogens is 336 g/mol. The number of ether oxygens (including phenoxy) is 2. The Morgan fingerprint density at radius 1 is 1.28 bits per heavy atom. The van der Waals surface area contributed by atoms with E-state index in [1.54, 1.807) is 0 Å². The number of benzene rings is 1. The van der Waals surface area contributed by atoms with Gasteiger partial charge in [0.25, 0.3) is 5.91 Å². The van der Waals surface area contributed by atoms with Crippen LogP contribution in [0.1, 0.15) is 32.8 Å². The van der Waals surface area contributed by atoms with Crippen molar-refractivity contribution in [3.63, 3.8) is 0 Å². The van der Waals surface area contributed by atoms with Crippen LogP contribution in [0.15, 0.2) is 34.2 Å². The Bertz CT molecular complexity index is 674. The second kappa shape index (κ2) is 8.06. The lowest BCUT2D eigenvalue weighted by Gasteiger charge is -2.35. The molecule has 2 unspecified atom stereocenters. The van der Waals surface area contributed by atoms with E-state index in [9.17, 15) is 4.79 Å². The lowest BCUT2D eigenvalue weighted by atomic mass is 10.2. The second-order valence-corrected chi connectivity index (χ2v) is 7.40. The third-order valence-electron chi connectivity index (χ3n) is 3.95. The first-order valence-electron chi connectivity index (χ1n) is 8.71. The summed E-state index contributed by atoms with van der Waals surface area (Å²) in [5, 5.41) is 0.779. The lowest BCUT2D eigenvalue weighted by molar-refractivity contribution is -0.113. The predicted octanol–water partition coefficient (Wildman–Crippen LogP) is 3.55. The number of rotatable bonds is 4. The molecule has 0 bridgehead atoms. The Labute approximate surface area is 153 Å². The standard InChI is InChI=1S/C19H24N2O3S/c1-4-9-23-16-7-5-15(6-8-16)10-17-18(22)20-19(25-17)21-11-13(2)24-14(3)12-21/h5-8,10,13-14H,4,9,11-12H2,1-3H3. The van der Waals surface area contributed by atoms with Gasteiger partial charge in [-0.1, -0.05) is 19.1 Å². The molecule has 1 aromatic carbocycles. The van der Waals surface area contributed by atoms with Crippen molar-refractivity contribution in [2.24, 2.45) is 4.99 Å². The van der Waals surface area contributed by atoms with Crippen LogP contribution in [0.5, 0.6) is 5.75 Å². The molecule has 3 rings (SSSR count). The highest BCUT2D eigenvalue weighted by Gasteiger charge is 2.30. The molecule has 0 spiro atoms. The summed E-state index contributed by atoms with van der Waals surface area (Å²) in [6.07, 6.45) is 3.16. The molecule has 5 nitrogen and oxygen atoms in total. The van der Waals surface area contributed by atoms with Gasteiger partial charge in [-0.05, 0) is 55.8 Å². The van der Waals surface area contributed by atoms with Crippen LogP contribution in [0.3, 0.4) is 0 Å². The minimum Gasteiger partial charge on any atom is -0.494 e. The fourth-order valence-electron chi connectivity index (χ4n) is 2.90. The third kappa shape index (κ3) is 4.64. The SMILES string of the molecule is CCCOc1ccc(C=C2SC(N3CC(C)OC(C)C3)=NC2=O)cc1. The first-order chi connectivity index (χ1) is 12.0. The van der Waals surface area contributed by atoms with E-state index in [-0.39, 0.29) is 18.1 Å². The summed E-state index contributed by atoms with van der Waals surface area (Å²) in [5.74, 6) is 0.681. The first kappa shape index (κ1) is 18.0. The molecule has 2 aliphatic rings. The summed E-state index contributed by atoms with van der Waals surface area (Å²) in [5.41, 5.74) is 0.972. The number of aliphatic imine (C=N–C) groups is 1. The summed E-state index contributed by atoms with van der Waals surface area (Å²) in [6.45, 7) is 8.41. The maximum absolute atomic E-state index is 12.2. The maximum atomic E-state index is 12.2. The smallest absolute Gasteiger partial charge is 0.286 e. The first-order valence-corrected chi connectivity index (χ1v) is 9.52. The molecule has 2 heterocycles. The van der Waals surface area contributed by atoms with Crippen molar-refractivity contribution < 1.29 is 14.3 Å². The van der Waals surface area contributed by atoms with Gasteiger partial charge >= 0.3 is 0 Å². The molecule has 6 heteroatoms. The van der Waals surface area contributed by atoms with Gasteiger partial charge in [0.2, 0.25) is 0 Å². The molecule has 2 atom stereocenters. The molecule has 0 saturated carbocycles. The largest absolute Gasteiger partial charge is 0.494 e.